The lowest BCUT2D eigenvalue weighted by Gasteiger charge is -2.48. The molecule has 1 aromatic rings. The second-order valence-electron chi connectivity index (χ2n) is 6.51. The lowest BCUT2D eigenvalue weighted by atomic mass is 9.87. The molecule has 0 aliphatic carbocycles. The zero-order valence-electron chi connectivity index (χ0n) is 12.9. The van der Waals surface area contributed by atoms with E-state index in [-0.39, 0.29) is 4.32 Å². The van der Waals surface area contributed by atoms with E-state index in [1.807, 2.05) is 0 Å². The molecule has 2 aliphatic heterocycles. The molecule has 0 bridgehead atoms. The van der Waals surface area contributed by atoms with Gasteiger partial charge in [-0.1, -0.05) is 46.3 Å². The summed E-state index contributed by atoms with van der Waals surface area (Å²) in [6.45, 7) is 5.76. The van der Waals surface area contributed by atoms with Gasteiger partial charge in [0.1, 0.15) is 0 Å². The number of benzene rings is 1. The number of piperazine rings is 1. The number of nitrogens with zero attached hydrogens (tertiary/aromatic N) is 2. The van der Waals surface area contributed by atoms with Crippen molar-refractivity contribution in [2.24, 2.45) is 0 Å². The summed E-state index contributed by atoms with van der Waals surface area (Å²) in [5.41, 5.74) is 1.44. The molecule has 3 rings (SSSR count). The third-order valence-corrected chi connectivity index (χ3v) is 5.91. The first-order valence-electron chi connectivity index (χ1n) is 8.04. The summed E-state index contributed by atoms with van der Waals surface area (Å²) in [7, 11) is 2.28. The van der Waals surface area contributed by atoms with Crippen LogP contribution >= 0.6 is 15.9 Å². The maximum atomic E-state index is 4.10. The minimum Gasteiger partial charge on any atom is -0.314 e. The highest BCUT2D eigenvalue weighted by Crippen LogP contribution is 2.38. The number of hydrogen-bond donors (Lipinski definition) is 1. The van der Waals surface area contributed by atoms with Crippen LogP contribution < -0.4 is 5.32 Å². The van der Waals surface area contributed by atoms with Crippen molar-refractivity contribution >= 4 is 15.9 Å². The van der Waals surface area contributed by atoms with Crippen LogP contribution in [0.2, 0.25) is 0 Å². The van der Waals surface area contributed by atoms with Gasteiger partial charge in [-0.2, -0.15) is 0 Å². The van der Waals surface area contributed by atoms with Crippen LogP contribution in [0.1, 0.15) is 18.4 Å². The average molecular weight is 352 g/mol. The molecule has 1 N–H and O–H groups in total. The molecule has 0 aromatic heterocycles. The molecule has 2 saturated heterocycles. The van der Waals surface area contributed by atoms with Crippen LogP contribution in [0, 0.1) is 0 Å². The SMILES string of the molecule is CN1CCC(Br)(Cc2ccccc2)CC1N1CCNCC1. The molecule has 2 fully saturated rings. The fourth-order valence-corrected chi connectivity index (χ4v) is 4.41. The van der Waals surface area contributed by atoms with Gasteiger partial charge in [0.05, 0.1) is 6.17 Å². The van der Waals surface area contributed by atoms with E-state index in [1.54, 1.807) is 0 Å². The molecular formula is C17H26BrN3. The zero-order valence-corrected chi connectivity index (χ0v) is 14.5. The third kappa shape index (κ3) is 3.86. The Balaban J connectivity index is 1.68. The van der Waals surface area contributed by atoms with Crippen LogP contribution in [0.25, 0.3) is 0 Å². The Bertz CT molecular complexity index is 447. The predicted molar refractivity (Wildman–Crippen MR) is 91.9 cm³/mol. The lowest BCUT2D eigenvalue weighted by Crippen LogP contribution is -2.59. The Morgan fingerprint density at radius 2 is 1.90 bits per heavy atom. The Morgan fingerprint density at radius 3 is 2.62 bits per heavy atom. The van der Waals surface area contributed by atoms with Gasteiger partial charge in [0.2, 0.25) is 0 Å². The summed E-state index contributed by atoms with van der Waals surface area (Å²) in [4.78, 5) is 5.19. The third-order valence-electron chi connectivity index (χ3n) is 4.91. The minimum atomic E-state index is 0.246. The first-order chi connectivity index (χ1) is 10.2. The van der Waals surface area contributed by atoms with Gasteiger partial charge in [-0.3, -0.25) is 9.80 Å². The number of rotatable bonds is 3. The first kappa shape index (κ1) is 15.5. The Hall–Kier alpha value is -0.420. The van der Waals surface area contributed by atoms with Crippen molar-refractivity contribution in [3.05, 3.63) is 35.9 Å². The van der Waals surface area contributed by atoms with Crippen molar-refractivity contribution in [3.63, 3.8) is 0 Å². The minimum absolute atomic E-state index is 0.246. The van der Waals surface area contributed by atoms with Crippen molar-refractivity contribution < 1.29 is 0 Å². The van der Waals surface area contributed by atoms with E-state index in [4.69, 9.17) is 0 Å². The molecule has 2 unspecified atom stereocenters. The molecule has 3 nitrogen and oxygen atoms in total. The highest BCUT2D eigenvalue weighted by Gasteiger charge is 2.39. The van der Waals surface area contributed by atoms with Gasteiger partial charge < -0.3 is 5.32 Å². The van der Waals surface area contributed by atoms with E-state index < -0.39 is 0 Å². The molecule has 0 spiro atoms. The van der Waals surface area contributed by atoms with Crippen molar-refractivity contribution in [1.82, 2.24) is 15.1 Å². The second-order valence-corrected chi connectivity index (χ2v) is 8.20. The molecule has 2 heterocycles. The maximum Gasteiger partial charge on any atom is 0.0634 e. The molecule has 0 saturated carbocycles. The van der Waals surface area contributed by atoms with Crippen molar-refractivity contribution in [1.29, 1.82) is 0 Å². The van der Waals surface area contributed by atoms with Crippen LogP contribution in [0.4, 0.5) is 0 Å². The highest BCUT2D eigenvalue weighted by molar-refractivity contribution is 9.10. The molecule has 2 atom stereocenters. The van der Waals surface area contributed by atoms with Crippen molar-refractivity contribution in [2.75, 3.05) is 39.8 Å². The normalized spacial score (nSPS) is 32.2. The first-order valence-corrected chi connectivity index (χ1v) is 8.83. The number of likely N-dealkylation sites (tertiary alicyclic amines) is 1. The number of alkyl halides is 1. The standard InChI is InChI=1S/C17H26BrN3/c1-20-10-7-17(18,13-15-5-3-2-4-6-15)14-16(20)21-11-8-19-9-12-21/h2-6,16,19H,7-14H2,1H3. The van der Waals surface area contributed by atoms with Crippen LogP contribution in [0.5, 0.6) is 0 Å². The van der Waals surface area contributed by atoms with E-state index in [2.05, 4.69) is 68.4 Å². The second kappa shape index (κ2) is 6.78. The van der Waals surface area contributed by atoms with Crippen LogP contribution in [-0.4, -0.2) is 60.1 Å². The van der Waals surface area contributed by atoms with Crippen molar-refractivity contribution in [2.45, 2.75) is 29.8 Å². The van der Waals surface area contributed by atoms with Gasteiger partial charge in [0, 0.05) is 37.0 Å². The highest BCUT2D eigenvalue weighted by atomic mass is 79.9. The molecule has 4 heteroatoms. The monoisotopic (exact) mass is 351 g/mol. The summed E-state index contributed by atoms with van der Waals surface area (Å²) in [5, 5.41) is 3.46. The maximum absolute atomic E-state index is 4.10. The number of piperidine rings is 1. The Labute approximate surface area is 136 Å². The van der Waals surface area contributed by atoms with E-state index in [1.165, 1.54) is 38.0 Å². The van der Waals surface area contributed by atoms with Gasteiger partial charge in [0.15, 0.2) is 0 Å². The molecular weight excluding hydrogens is 326 g/mol. The summed E-state index contributed by atoms with van der Waals surface area (Å²) in [6.07, 6.45) is 4.13. The number of hydrogen-bond acceptors (Lipinski definition) is 3. The van der Waals surface area contributed by atoms with Gasteiger partial charge in [-0.15, -0.1) is 0 Å². The van der Waals surface area contributed by atoms with Crippen LogP contribution in [-0.2, 0) is 6.42 Å². The molecule has 116 valence electrons. The summed E-state index contributed by atoms with van der Waals surface area (Å²) < 4.78 is 0.246. The van der Waals surface area contributed by atoms with E-state index in [0.717, 1.165) is 19.5 Å². The number of halogens is 1. The predicted octanol–water partition coefficient (Wildman–Crippen LogP) is 2.32. The quantitative estimate of drug-likeness (QED) is 0.843. The average Bonchev–Trinajstić information content (AvgIpc) is 2.52. The summed E-state index contributed by atoms with van der Waals surface area (Å²) >= 11 is 4.10. The van der Waals surface area contributed by atoms with Crippen LogP contribution in [0.3, 0.4) is 0 Å². The van der Waals surface area contributed by atoms with Gasteiger partial charge >= 0.3 is 0 Å². The van der Waals surface area contributed by atoms with Crippen LogP contribution in [0.15, 0.2) is 30.3 Å². The molecule has 0 amide bonds. The fourth-order valence-electron chi connectivity index (χ4n) is 3.62. The van der Waals surface area contributed by atoms with E-state index in [0.29, 0.717) is 6.17 Å². The van der Waals surface area contributed by atoms with Gasteiger partial charge in [-0.25, -0.2) is 0 Å². The molecule has 2 aliphatic rings. The lowest BCUT2D eigenvalue weighted by molar-refractivity contribution is 0.0129. The Morgan fingerprint density at radius 1 is 1.19 bits per heavy atom. The summed E-state index contributed by atoms with van der Waals surface area (Å²) in [5.74, 6) is 0. The van der Waals surface area contributed by atoms with Crippen molar-refractivity contribution in [3.8, 4) is 0 Å². The zero-order chi connectivity index (χ0) is 14.7. The number of nitrogens with one attached hydrogen (secondary N) is 1. The fraction of sp³-hybridized carbons (Fsp3) is 0.647. The largest absolute Gasteiger partial charge is 0.314 e. The molecule has 0 radical (unpaired) electrons. The smallest absolute Gasteiger partial charge is 0.0634 e. The molecule has 1 aromatic carbocycles. The topological polar surface area (TPSA) is 18.5 Å². The summed E-state index contributed by atoms with van der Waals surface area (Å²) in [6, 6.07) is 10.9. The van der Waals surface area contributed by atoms with Gasteiger partial charge in [0.25, 0.3) is 0 Å². The Kier molecular flexibility index (Phi) is 4.99. The molecule has 21 heavy (non-hydrogen) atoms. The van der Waals surface area contributed by atoms with Gasteiger partial charge in [-0.05, 0) is 31.9 Å². The van der Waals surface area contributed by atoms with E-state index in [9.17, 15) is 0 Å². The van der Waals surface area contributed by atoms with E-state index >= 15 is 0 Å².